The van der Waals surface area contributed by atoms with Gasteiger partial charge in [0.25, 0.3) is 0 Å². The highest BCUT2D eigenvalue weighted by atomic mass is 31.2. The fraction of sp³-hybridized carbons (Fsp3) is 0.429. The highest BCUT2D eigenvalue weighted by Crippen LogP contribution is 2.57. The second-order valence-electron chi connectivity index (χ2n) is 18.5. The number of imidazole rings is 1. The van der Waals surface area contributed by atoms with Gasteiger partial charge in [-0.25, -0.2) is 23.1 Å². The summed E-state index contributed by atoms with van der Waals surface area (Å²) in [6, 6.07) is 14.2. The Bertz CT molecular complexity index is 3220. The zero-order valence-electron chi connectivity index (χ0n) is 38.8. The maximum absolute atomic E-state index is 16.2. The van der Waals surface area contributed by atoms with Crippen LogP contribution in [0.15, 0.2) is 75.0 Å². The lowest BCUT2D eigenvalue weighted by atomic mass is 9.91. The lowest BCUT2D eigenvalue weighted by Crippen LogP contribution is -2.39. The number of rotatable bonds is 12. The Morgan fingerprint density at radius 3 is 2.33 bits per heavy atom. The van der Waals surface area contributed by atoms with Crippen molar-refractivity contribution in [1.29, 1.82) is 0 Å². The quantitative estimate of drug-likeness (QED) is 0.103. The molecule has 0 bridgehead atoms. The van der Waals surface area contributed by atoms with Crippen LogP contribution >= 0.6 is 7.14 Å². The summed E-state index contributed by atoms with van der Waals surface area (Å²) in [5.74, 6) is -0.525. The van der Waals surface area contributed by atoms with Crippen LogP contribution in [0.3, 0.4) is 0 Å². The van der Waals surface area contributed by atoms with Crippen molar-refractivity contribution in [3.8, 4) is 17.2 Å². The van der Waals surface area contributed by atoms with Crippen LogP contribution in [0.1, 0.15) is 105 Å². The van der Waals surface area contributed by atoms with Crippen LogP contribution in [0.25, 0.3) is 28.1 Å². The van der Waals surface area contributed by atoms with Crippen molar-refractivity contribution in [1.82, 2.24) is 38.5 Å². The number of benzene rings is 3. The summed E-state index contributed by atoms with van der Waals surface area (Å²) in [5.41, 5.74) is 4.64. The van der Waals surface area contributed by atoms with Crippen LogP contribution in [0, 0.1) is 31.4 Å². The van der Waals surface area contributed by atoms with Gasteiger partial charge in [-0.2, -0.15) is 5.10 Å². The number of hydrogen-bond acceptors (Lipinski definition) is 10. The Balaban J connectivity index is 1.12. The number of fused-ring (bicyclic) bond motifs is 2. The first-order chi connectivity index (χ1) is 32.1. The zero-order valence-corrected chi connectivity index (χ0v) is 39.7. The molecule has 1 saturated carbocycles. The predicted octanol–water partition coefficient (Wildman–Crippen LogP) is 7.70. The van der Waals surface area contributed by atoms with E-state index < -0.39 is 42.2 Å². The molecule has 1 saturated heterocycles. The first kappa shape index (κ1) is 44.9. The number of aromatic nitrogens is 7. The van der Waals surface area contributed by atoms with Gasteiger partial charge in [-0.15, -0.1) is 0 Å². The van der Waals surface area contributed by atoms with Crippen LogP contribution in [-0.2, 0) is 21.3 Å². The Morgan fingerprint density at radius 1 is 0.985 bits per heavy atom. The summed E-state index contributed by atoms with van der Waals surface area (Å²) in [7, 11) is -1.42. The molecular weight excluding hydrogens is 880 g/mol. The van der Waals surface area contributed by atoms with Crippen LogP contribution in [0.2, 0.25) is 0 Å². The fourth-order valence-corrected chi connectivity index (χ4v) is 13.1. The maximum atomic E-state index is 16.2. The van der Waals surface area contributed by atoms with Crippen LogP contribution in [0.5, 0.6) is 0 Å². The Labute approximate surface area is 385 Å². The van der Waals surface area contributed by atoms with Crippen molar-refractivity contribution < 1.29 is 27.7 Å². The number of H-pyrrole nitrogens is 1. The van der Waals surface area contributed by atoms with E-state index in [1.165, 1.54) is 20.8 Å². The number of nitrogens with zero attached hydrogens (tertiary/aromatic N) is 7. The first-order valence-electron chi connectivity index (χ1n) is 23.2. The number of halogens is 2. The molecule has 6 heterocycles. The number of aliphatic hydroxyl groups is 1. The maximum Gasteiger partial charge on any atom is 0.438 e. The van der Waals surface area contributed by atoms with E-state index in [-0.39, 0.29) is 35.1 Å². The number of aliphatic hydroxyl groups excluding tert-OH is 1. The molecule has 67 heavy (non-hydrogen) atoms. The Morgan fingerprint density at radius 2 is 1.69 bits per heavy atom. The molecule has 352 valence electrons. The van der Waals surface area contributed by atoms with E-state index in [0.717, 1.165) is 23.7 Å². The van der Waals surface area contributed by atoms with Gasteiger partial charge >= 0.3 is 11.4 Å². The van der Waals surface area contributed by atoms with Gasteiger partial charge < -0.3 is 24.3 Å². The van der Waals surface area contributed by atoms with Gasteiger partial charge in [0, 0.05) is 86.1 Å². The molecule has 4 aromatic heterocycles. The molecule has 3 N–H and O–H groups in total. The average Bonchev–Trinajstić information content (AvgIpc) is 3.82. The van der Waals surface area contributed by atoms with E-state index in [1.54, 1.807) is 70.0 Å². The lowest BCUT2D eigenvalue weighted by Gasteiger charge is -2.38. The van der Waals surface area contributed by atoms with Gasteiger partial charge in [0.15, 0.2) is 5.82 Å². The third-order valence-electron chi connectivity index (χ3n) is 14.8. The normalized spacial score (nSPS) is 20.7. The first-order valence-corrected chi connectivity index (χ1v) is 25.2. The minimum atomic E-state index is -3.06. The molecule has 15 nitrogen and oxygen atoms in total. The summed E-state index contributed by atoms with van der Waals surface area (Å²) in [6.45, 7) is 12.8. The molecule has 2 fully saturated rings. The average molecular weight is 936 g/mol. The second-order valence-corrected chi connectivity index (χ2v) is 22.0. The molecule has 0 radical (unpaired) electrons. The molecular formula is C49H56F2N9O6P. The highest BCUT2D eigenvalue weighted by Gasteiger charge is 2.59. The van der Waals surface area contributed by atoms with Gasteiger partial charge in [0.2, 0.25) is 0 Å². The topological polar surface area (TPSA) is 170 Å². The SMILES string of the molecule is CCP(=O)(CC)c1c(F)cc(-n2ccn(-c3c4c(nn3-c3cc(C)c(F)c(C)c3)CCN(C(O)c3cc5cc(C6CCOCC6)ccc5n3[C@@]3(c5noc(=O)[nH]5)C[C@@H]3C)[C@H]4C)c2=O)cc1NC. The van der Waals surface area contributed by atoms with Crippen molar-refractivity contribution in [2.45, 2.75) is 91.0 Å². The fourth-order valence-electron chi connectivity index (χ4n) is 11.0. The van der Waals surface area contributed by atoms with Crippen molar-refractivity contribution in [2.75, 3.05) is 44.4 Å². The lowest BCUT2D eigenvalue weighted by molar-refractivity contribution is -0.0341. The molecule has 1 unspecified atom stereocenters. The van der Waals surface area contributed by atoms with Gasteiger partial charge in [-0.1, -0.05) is 32.0 Å². The number of nitrogens with one attached hydrogen (secondary N) is 2. The van der Waals surface area contributed by atoms with Crippen LogP contribution in [-0.4, -0.2) is 82.8 Å². The largest absolute Gasteiger partial charge is 0.438 e. The van der Waals surface area contributed by atoms with E-state index in [4.69, 9.17) is 14.4 Å². The minimum absolute atomic E-state index is 0.0374. The van der Waals surface area contributed by atoms with E-state index in [1.807, 2.05) is 17.9 Å². The van der Waals surface area contributed by atoms with Crippen molar-refractivity contribution in [3.63, 3.8) is 0 Å². The standard InChI is InChI=1S/C49H56F2N9O6P/c1-8-67(64,9-2)43-36(50)24-34(25-38(43)52-7)57-16-17-58(48(57)63)44-41-30(6)56(15-12-37(41)54-60(44)35-20-27(3)42(51)28(4)21-35)45(61)40-23-33-22-32(31-13-18-65-19-14-31)10-11-39(33)59(40)49(26-29(49)5)46-53-47(62)66-55-46/h10-11,16-17,20-25,29-31,45,52,61H,8-9,12-15,18-19,26H2,1-7H3,(H,53,55,62)/t29-,30-,45?,49-/m0/s1. The van der Waals surface area contributed by atoms with Crippen LogP contribution in [0.4, 0.5) is 14.5 Å². The Kier molecular flexibility index (Phi) is 11.2. The van der Waals surface area contributed by atoms with E-state index in [2.05, 4.69) is 45.1 Å². The predicted molar refractivity (Wildman–Crippen MR) is 252 cm³/mol. The minimum Gasteiger partial charge on any atom is -0.387 e. The zero-order chi connectivity index (χ0) is 47.3. The summed E-state index contributed by atoms with van der Waals surface area (Å²) in [4.78, 5) is 32.1. The summed E-state index contributed by atoms with van der Waals surface area (Å²) >= 11 is 0. The summed E-state index contributed by atoms with van der Waals surface area (Å²) in [5, 5.41) is 26.3. The number of aryl methyl sites for hydroxylation is 2. The van der Waals surface area contributed by atoms with E-state index >= 15 is 8.78 Å². The smallest absolute Gasteiger partial charge is 0.387 e. The van der Waals surface area contributed by atoms with Crippen molar-refractivity contribution >= 4 is 29.0 Å². The third kappa shape index (κ3) is 7.10. The molecule has 4 atom stereocenters. The molecule has 0 spiro atoms. The monoisotopic (exact) mass is 935 g/mol. The molecule has 3 aliphatic rings. The molecule has 18 heteroatoms. The molecule has 0 amide bonds. The molecule has 2 aliphatic heterocycles. The molecule has 3 aromatic carbocycles. The van der Waals surface area contributed by atoms with Gasteiger partial charge in [-0.05, 0) is 111 Å². The number of aromatic amines is 1. The summed E-state index contributed by atoms with van der Waals surface area (Å²) in [6.07, 6.45) is 5.40. The second kappa shape index (κ2) is 16.7. The van der Waals surface area contributed by atoms with Crippen molar-refractivity contribution in [2.24, 2.45) is 5.92 Å². The number of hydrogen-bond donors (Lipinski definition) is 3. The third-order valence-corrected chi connectivity index (χ3v) is 18.2. The molecule has 1 aliphatic carbocycles. The van der Waals surface area contributed by atoms with Crippen LogP contribution < -0.4 is 22.1 Å². The number of ether oxygens (including phenoxy) is 1. The highest BCUT2D eigenvalue weighted by molar-refractivity contribution is 7.71. The van der Waals surface area contributed by atoms with E-state index in [9.17, 15) is 19.3 Å². The van der Waals surface area contributed by atoms with Gasteiger partial charge in [-0.3, -0.25) is 23.5 Å². The molecule has 10 rings (SSSR count). The number of anilines is 1. The van der Waals surface area contributed by atoms with Gasteiger partial charge in [0.1, 0.15) is 36.4 Å². The van der Waals surface area contributed by atoms with Crippen molar-refractivity contribution in [3.05, 3.63) is 133 Å². The molecule has 7 aromatic rings. The Hall–Kier alpha value is -5.87. The van der Waals surface area contributed by atoms with Gasteiger partial charge in [0.05, 0.1) is 28.1 Å². The van der Waals surface area contributed by atoms with E-state index in [0.29, 0.717) is 89.6 Å². The summed E-state index contributed by atoms with van der Waals surface area (Å²) < 4.78 is 62.5.